The van der Waals surface area contributed by atoms with Crippen LogP contribution < -0.4 is 4.74 Å². The van der Waals surface area contributed by atoms with E-state index in [4.69, 9.17) is 16.3 Å². The molecule has 0 unspecified atom stereocenters. The number of benzene rings is 1. The molecular weight excluding hydrogens is 270 g/mol. The summed E-state index contributed by atoms with van der Waals surface area (Å²) >= 11 is 5.69. The average molecular weight is 280 g/mol. The zero-order valence-electron chi connectivity index (χ0n) is 10.3. The van der Waals surface area contributed by atoms with E-state index in [1.54, 1.807) is 12.1 Å². The quantitative estimate of drug-likeness (QED) is 0.488. The molecule has 0 spiro atoms. The molecule has 0 aliphatic heterocycles. The molecule has 98 valence electrons. The van der Waals surface area contributed by atoms with Gasteiger partial charge in [-0.05, 0) is 31.0 Å². The average Bonchev–Trinajstić information content (AvgIpc) is 2.34. The number of aromatic nitrogens is 2. The smallest absolute Gasteiger partial charge is 0.368 e. The van der Waals surface area contributed by atoms with E-state index in [1.165, 1.54) is 0 Å². The topological polar surface area (TPSA) is 78.2 Å². The van der Waals surface area contributed by atoms with Gasteiger partial charge in [-0.25, -0.2) is 4.98 Å². The first-order valence-electron chi connectivity index (χ1n) is 5.39. The highest BCUT2D eigenvalue weighted by Gasteiger charge is 2.24. The van der Waals surface area contributed by atoms with Gasteiger partial charge in [-0.15, -0.1) is 0 Å². The van der Waals surface area contributed by atoms with E-state index in [1.807, 2.05) is 19.9 Å². The van der Waals surface area contributed by atoms with Gasteiger partial charge in [0.1, 0.15) is 12.1 Å². The summed E-state index contributed by atoms with van der Waals surface area (Å²) in [4.78, 5) is 17.6. The van der Waals surface area contributed by atoms with Gasteiger partial charge in [0.2, 0.25) is 5.15 Å². The predicted octanol–water partition coefficient (Wildman–Crippen LogP) is 3.45. The number of nitrogens with zero attached hydrogens (tertiary/aromatic N) is 3. The van der Waals surface area contributed by atoms with E-state index in [-0.39, 0.29) is 11.0 Å². The third-order valence-corrected chi connectivity index (χ3v) is 2.96. The van der Waals surface area contributed by atoms with E-state index in [2.05, 4.69) is 9.97 Å². The third kappa shape index (κ3) is 2.63. The Balaban J connectivity index is 2.47. The fraction of sp³-hybridized carbons (Fsp3) is 0.167. The van der Waals surface area contributed by atoms with Crippen LogP contribution in [0.3, 0.4) is 0 Å². The van der Waals surface area contributed by atoms with Gasteiger partial charge < -0.3 is 4.74 Å². The zero-order chi connectivity index (χ0) is 14.0. The fourth-order valence-corrected chi connectivity index (χ4v) is 1.70. The van der Waals surface area contributed by atoms with Crippen molar-refractivity contribution in [1.29, 1.82) is 0 Å². The number of rotatable bonds is 3. The monoisotopic (exact) mass is 279 g/mol. The Hall–Kier alpha value is -2.21. The molecule has 0 fully saturated rings. The predicted molar refractivity (Wildman–Crippen MR) is 69.7 cm³/mol. The first-order chi connectivity index (χ1) is 9.00. The lowest BCUT2D eigenvalue weighted by Gasteiger charge is -2.09. The number of ether oxygens (including phenoxy) is 1. The van der Waals surface area contributed by atoms with Crippen molar-refractivity contribution in [2.24, 2.45) is 0 Å². The molecule has 1 aromatic heterocycles. The molecule has 0 aliphatic rings. The number of aryl methyl sites for hydroxylation is 1. The van der Waals surface area contributed by atoms with E-state index in [9.17, 15) is 10.1 Å². The van der Waals surface area contributed by atoms with Crippen molar-refractivity contribution in [3.05, 3.63) is 50.9 Å². The van der Waals surface area contributed by atoms with Crippen LogP contribution in [0.5, 0.6) is 11.6 Å². The zero-order valence-corrected chi connectivity index (χ0v) is 11.0. The number of halogens is 1. The van der Waals surface area contributed by atoms with Crippen molar-refractivity contribution < 1.29 is 9.66 Å². The maximum Gasteiger partial charge on any atom is 0.368 e. The van der Waals surface area contributed by atoms with Crippen LogP contribution in [0.25, 0.3) is 0 Å². The summed E-state index contributed by atoms with van der Waals surface area (Å²) in [6, 6.07) is 5.43. The lowest BCUT2D eigenvalue weighted by atomic mass is 10.1. The molecule has 6 nitrogen and oxygen atoms in total. The second kappa shape index (κ2) is 5.19. The minimum Gasteiger partial charge on any atom is -0.433 e. The molecule has 0 bridgehead atoms. The van der Waals surface area contributed by atoms with Crippen molar-refractivity contribution in [2.75, 3.05) is 0 Å². The standard InChI is InChI=1S/C12H10ClN3O3/c1-7-4-3-5-9(8(7)2)19-12-10(16(17)18)11(13)14-6-15-12/h3-6H,1-2H3. The SMILES string of the molecule is Cc1cccc(Oc2ncnc(Cl)c2[N+](=O)[O-])c1C. The van der Waals surface area contributed by atoms with Crippen molar-refractivity contribution in [1.82, 2.24) is 9.97 Å². The summed E-state index contributed by atoms with van der Waals surface area (Å²) in [5.41, 5.74) is 1.46. The van der Waals surface area contributed by atoms with Gasteiger partial charge in [0.25, 0.3) is 0 Å². The number of hydrogen-bond donors (Lipinski definition) is 0. The molecule has 1 aromatic carbocycles. The molecule has 0 radical (unpaired) electrons. The highest BCUT2D eigenvalue weighted by atomic mass is 35.5. The number of hydrogen-bond acceptors (Lipinski definition) is 5. The largest absolute Gasteiger partial charge is 0.433 e. The van der Waals surface area contributed by atoms with E-state index in [0.29, 0.717) is 5.75 Å². The molecule has 0 saturated carbocycles. The fourth-order valence-electron chi connectivity index (χ4n) is 1.51. The minimum absolute atomic E-state index is 0.168. The summed E-state index contributed by atoms with van der Waals surface area (Å²) in [6.07, 6.45) is 1.12. The molecule has 0 saturated heterocycles. The molecule has 2 rings (SSSR count). The second-order valence-electron chi connectivity index (χ2n) is 3.88. The van der Waals surface area contributed by atoms with E-state index in [0.717, 1.165) is 17.5 Å². The normalized spacial score (nSPS) is 10.3. The summed E-state index contributed by atoms with van der Waals surface area (Å²) < 4.78 is 5.49. The summed E-state index contributed by atoms with van der Waals surface area (Å²) in [6.45, 7) is 3.78. The minimum atomic E-state index is -0.664. The van der Waals surface area contributed by atoms with Crippen LogP contribution in [0.4, 0.5) is 5.69 Å². The van der Waals surface area contributed by atoms with Gasteiger partial charge in [-0.1, -0.05) is 23.7 Å². The molecular formula is C12H10ClN3O3. The van der Waals surface area contributed by atoms with Gasteiger partial charge in [0.05, 0.1) is 4.92 Å². The summed E-state index contributed by atoms with van der Waals surface area (Å²) in [7, 11) is 0. The van der Waals surface area contributed by atoms with Gasteiger partial charge >= 0.3 is 11.6 Å². The van der Waals surface area contributed by atoms with Crippen LogP contribution >= 0.6 is 11.6 Å². The molecule has 0 atom stereocenters. The lowest BCUT2D eigenvalue weighted by Crippen LogP contribution is -1.99. The van der Waals surface area contributed by atoms with Crippen molar-refractivity contribution in [3.63, 3.8) is 0 Å². The van der Waals surface area contributed by atoms with Crippen LogP contribution in [0.15, 0.2) is 24.5 Å². The molecule has 1 heterocycles. The Morgan fingerprint density at radius 3 is 2.74 bits per heavy atom. The van der Waals surface area contributed by atoms with Crippen LogP contribution in [-0.4, -0.2) is 14.9 Å². The maximum absolute atomic E-state index is 10.9. The van der Waals surface area contributed by atoms with E-state index >= 15 is 0 Å². The molecule has 0 amide bonds. The Kier molecular flexibility index (Phi) is 3.62. The van der Waals surface area contributed by atoms with Crippen LogP contribution in [-0.2, 0) is 0 Å². The van der Waals surface area contributed by atoms with E-state index < -0.39 is 10.6 Å². The Morgan fingerprint density at radius 2 is 2.05 bits per heavy atom. The second-order valence-corrected chi connectivity index (χ2v) is 4.23. The molecule has 2 aromatic rings. The molecule has 0 aliphatic carbocycles. The van der Waals surface area contributed by atoms with Crippen molar-refractivity contribution >= 4 is 17.3 Å². The van der Waals surface area contributed by atoms with Crippen LogP contribution in [0.2, 0.25) is 5.15 Å². The number of nitro groups is 1. The first kappa shape index (κ1) is 13.2. The Morgan fingerprint density at radius 1 is 1.32 bits per heavy atom. The lowest BCUT2D eigenvalue weighted by molar-refractivity contribution is -0.386. The highest BCUT2D eigenvalue weighted by Crippen LogP contribution is 2.34. The maximum atomic E-state index is 10.9. The van der Waals surface area contributed by atoms with Crippen LogP contribution in [0.1, 0.15) is 11.1 Å². The van der Waals surface area contributed by atoms with Crippen molar-refractivity contribution in [2.45, 2.75) is 13.8 Å². The third-order valence-electron chi connectivity index (χ3n) is 2.69. The van der Waals surface area contributed by atoms with Gasteiger partial charge in [-0.3, -0.25) is 10.1 Å². The Labute approximate surface area is 114 Å². The molecule has 19 heavy (non-hydrogen) atoms. The first-order valence-corrected chi connectivity index (χ1v) is 5.77. The molecule has 0 N–H and O–H groups in total. The van der Waals surface area contributed by atoms with Crippen molar-refractivity contribution in [3.8, 4) is 11.6 Å². The van der Waals surface area contributed by atoms with Gasteiger partial charge in [0, 0.05) is 0 Å². The Bertz CT molecular complexity index is 646. The summed E-state index contributed by atoms with van der Waals surface area (Å²) in [5.74, 6) is 0.330. The summed E-state index contributed by atoms with van der Waals surface area (Å²) in [5, 5.41) is 10.7. The highest BCUT2D eigenvalue weighted by molar-refractivity contribution is 6.31. The van der Waals surface area contributed by atoms with Gasteiger partial charge in [0.15, 0.2) is 0 Å². The van der Waals surface area contributed by atoms with Crippen LogP contribution in [0, 0.1) is 24.0 Å². The van der Waals surface area contributed by atoms with Gasteiger partial charge in [-0.2, -0.15) is 4.98 Å². The molecule has 7 heteroatoms.